The van der Waals surface area contributed by atoms with Gasteiger partial charge in [-0.15, -0.1) is 0 Å². The van der Waals surface area contributed by atoms with Crippen molar-refractivity contribution in [3.05, 3.63) is 38.2 Å². The minimum atomic E-state index is -0.540. The molecule has 2 rings (SSSR count). The molecular weight excluding hydrogens is 285 g/mol. The minimum Gasteiger partial charge on any atom is -0.258 e. The molecule has 0 radical (unpaired) electrons. The van der Waals surface area contributed by atoms with Crippen LogP contribution < -0.4 is 0 Å². The van der Waals surface area contributed by atoms with Gasteiger partial charge in [0.15, 0.2) is 0 Å². The van der Waals surface area contributed by atoms with Gasteiger partial charge in [-0.1, -0.05) is 11.6 Å². The third-order valence-electron chi connectivity index (χ3n) is 1.85. The second kappa shape index (κ2) is 3.71. The highest BCUT2D eigenvalue weighted by Gasteiger charge is 2.15. The van der Waals surface area contributed by atoms with E-state index in [0.717, 1.165) is 0 Å². The first kappa shape index (κ1) is 10.3. The van der Waals surface area contributed by atoms with E-state index in [2.05, 4.69) is 25.9 Å². The largest absolute Gasteiger partial charge is 0.288 e. The van der Waals surface area contributed by atoms with E-state index in [1.165, 1.54) is 18.5 Å². The number of nitro benzene ring substituents is 1. The Morgan fingerprint density at radius 3 is 2.80 bits per heavy atom. The van der Waals surface area contributed by atoms with Gasteiger partial charge >= 0.3 is 0 Å². The summed E-state index contributed by atoms with van der Waals surface area (Å²) < 4.78 is 0.507. The highest BCUT2D eigenvalue weighted by atomic mass is 79.9. The monoisotopic (exact) mass is 287 g/mol. The van der Waals surface area contributed by atoms with E-state index in [1.807, 2.05) is 0 Å². The summed E-state index contributed by atoms with van der Waals surface area (Å²) in [6, 6.07) is 2.79. The molecule has 0 aliphatic heterocycles. The highest BCUT2D eigenvalue weighted by Crippen LogP contribution is 2.31. The lowest BCUT2D eigenvalue weighted by Gasteiger charge is -2.00. The van der Waals surface area contributed by atoms with Crippen molar-refractivity contribution in [2.75, 3.05) is 0 Å². The fourth-order valence-corrected chi connectivity index (χ4v) is 1.81. The lowest BCUT2D eigenvalue weighted by atomic mass is 10.2. The van der Waals surface area contributed by atoms with Gasteiger partial charge in [0.2, 0.25) is 0 Å². The van der Waals surface area contributed by atoms with Crippen LogP contribution in [0.1, 0.15) is 0 Å². The van der Waals surface area contributed by atoms with Gasteiger partial charge in [0.05, 0.1) is 10.4 Å². The molecule has 2 aromatic rings. The van der Waals surface area contributed by atoms with E-state index in [4.69, 9.17) is 11.6 Å². The number of aromatic nitrogens is 2. The summed E-state index contributed by atoms with van der Waals surface area (Å²) >= 11 is 8.92. The average molecular weight is 288 g/mol. The van der Waals surface area contributed by atoms with E-state index in [9.17, 15) is 10.1 Å². The van der Waals surface area contributed by atoms with Crippen molar-refractivity contribution in [3.8, 4) is 0 Å². The summed E-state index contributed by atoms with van der Waals surface area (Å²) in [6.07, 6.45) is 1.36. The van der Waals surface area contributed by atoms with E-state index in [0.29, 0.717) is 15.5 Å². The van der Waals surface area contributed by atoms with Gasteiger partial charge in [-0.25, -0.2) is 9.97 Å². The standard InChI is InChI=1S/C8H3BrClN3O2/c9-8-4-1-7(13(14)15)5(10)2-6(4)11-3-12-8/h1-3H. The van der Waals surface area contributed by atoms with Crippen LogP contribution in [0.25, 0.3) is 10.9 Å². The number of rotatable bonds is 1. The Labute approximate surface area is 97.4 Å². The first-order valence-corrected chi connectivity index (χ1v) is 5.01. The summed E-state index contributed by atoms with van der Waals surface area (Å²) in [5.41, 5.74) is 0.409. The molecule has 5 nitrogen and oxygen atoms in total. The fraction of sp³-hybridized carbons (Fsp3) is 0. The van der Waals surface area contributed by atoms with Crippen molar-refractivity contribution < 1.29 is 4.92 Å². The van der Waals surface area contributed by atoms with Crippen molar-refractivity contribution in [3.63, 3.8) is 0 Å². The maximum Gasteiger partial charge on any atom is 0.288 e. The van der Waals surface area contributed by atoms with E-state index < -0.39 is 4.92 Å². The summed E-state index contributed by atoms with van der Waals surface area (Å²) in [5, 5.41) is 11.3. The third kappa shape index (κ3) is 1.78. The lowest BCUT2D eigenvalue weighted by molar-refractivity contribution is -0.384. The molecule has 0 saturated heterocycles. The summed E-state index contributed by atoms with van der Waals surface area (Å²) in [4.78, 5) is 17.9. The van der Waals surface area contributed by atoms with Gasteiger partial charge in [0.25, 0.3) is 5.69 Å². The Bertz CT molecular complexity index is 561. The highest BCUT2D eigenvalue weighted by molar-refractivity contribution is 9.10. The van der Waals surface area contributed by atoms with Gasteiger partial charge in [-0.2, -0.15) is 0 Å². The van der Waals surface area contributed by atoms with Crippen molar-refractivity contribution in [2.45, 2.75) is 0 Å². The zero-order valence-corrected chi connectivity index (χ0v) is 9.49. The van der Waals surface area contributed by atoms with Crippen LogP contribution in [0.3, 0.4) is 0 Å². The molecule has 0 aliphatic rings. The topological polar surface area (TPSA) is 68.9 Å². The third-order valence-corrected chi connectivity index (χ3v) is 2.79. The summed E-state index contributed by atoms with van der Waals surface area (Å²) in [7, 11) is 0. The fourth-order valence-electron chi connectivity index (χ4n) is 1.17. The van der Waals surface area contributed by atoms with Gasteiger partial charge in [-0.3, -0.25) is 10.1 Å². The first-order valence-electron chi connectivity index (χ1n) is 3.84. The number of nitrogens with zero attached hydrogens (tertiary/aromatic N) is 3. The van der Waals surface area contributed by atoms with Crippen molar-refractivity contribution >= 4 is 44.1 Å². The molecule has 0 atom stereocenters. The zero-order valence-electron chi connectivity index (χ0n) is 7.15. The van der Waals surface area contributed by atoms with Crippen LogP contribution in [0.4, 0.5) is 5.69 Å². The van der Waals surface area contributed by atoms with Crippen LogP contribution in [-0.4, -0.2) is 14.9 Å². The van der Waals surface area contributed by atoms with Crippen molar-refractivity contribution in [2.24, 2.45) is 0 Å². The van der Waals surface area contributed by atoms with Crippen LogP contribution in [0.2, 0.25) is 5.02 Å². The number of halogens is 2. The molecule has 1 heterocycles. The number of fused-ring (bicyclic) bond motifs is 1. The molecule has 0 saturated carbocycles. The van der Waals surface area contributed by atoms with Crippen LogP contribution in [0, 0.1) is 10.1 Å². The number of benzene rings is 1. The lowest BCUT2D eigenvalue weighted by Crippen LogP contribution is -1.91. The quantitative estimate of drug-likeness (QED) is 0.459. The first-order chi connectivity index (χ1) is 7.09. The zero-order chi connectivity index (χ0) is 11.0. The molecule has 1 aromatic carbocycles. The Hall–Kier alpha value is -1.27. The maximum absolute atomic E-state index is 10.6. The van der Waals surface area contributed by atoms with Gasteiger partial charge in [-0.05, 0) is 22.0 Å². The molecule has 0 amide bonds. The molecular formula is C8H3BrClN3O2. The molecule has 1 aromatic heterocycles. The molecule has 0 spiro atoms. The Kier molecular flexibility index (Phi) is 2.54. The predicted molar refractivity (Wildman–Crippen MR) is 58.9 cm³/mol. The summed E-state index contributed by atoms with van der Waals surface area (Å²) in [6.45, 7) is 0. The van der Waals surface area contributed by atoms with Crippen molar-refractivity contribution in [1.82, 2.24) is 9.97 Å². The summed E-state index contributed by atoms with van der Waals surface area (Å²) in [5.74, 6) is 0. The SMILES string of the molecule is O=[N+]([O-])c1cc2c(Br)ncnc2cc1Cl. The van der Waals surface area contributed by atoms with Gasteiger partial charge in [0.1, 0.15) is 16.0 Å². The Morgan fingerprint density at radius 1 is 1.40 bits per heavy atom. The van der Waals surface area contributed by atoms with Crippen LogP contribution in [0.15, 0.2) is 23.1 Å². The number of hydrogen-bond acceptors (Lipinski definition) is 4. The Morgan fingerprint density at radius 2 is 2.13 bits per heavy atom. The predicted octanol–water partition coefficient (Wildman–Crippen LogP) is 2.95. The maximum atomic E-state index is 10.6. The van der Waals surface area contributed by atoms with Gasteiger partial charge < -0.3 is 0 Å². The molecule has 0 bridgehead atoms. The molecule has 76 valence electrons. The van der Waals surface area contributed by atoms with Crippen LogP contribution >= 0.6 is 27.5 Å². The molecule has 7 heteroatoms. The van der Waals surface area contributed by atoms with Gasteiger partial charge in [0, 0.05) is 11.5 Å². The second-order valence-electron chi connectivity index (χ2n) is 2.74. The van der Waals surface area contributed by atoms with E-state index in [-0.39, 0.29) is 10.7 Å². The van der Waals surface area contributed by atoms with E-state index >= 15 is 0 Å². The number of hydrogen-bond donors (Lipinski definition) is 0. The second-order valence-corrected chi connectivity index (χ2v) is 3.90. The van der Waals surface area contributed by atoms with E-state index in [1.54, 1.807) is 0 Å². The van der Waals surface area contributed by atoms with Crippen LogP contribution in [-0.2, 0) is 0 Å². The Balaban J connectivity index is 2.83. The molecule has 0 N–H and O–H groups in total. The molecule has 15 heavy (non-hydrogen) atoms. The molecule has 0 aliphatic carbocycles. The average Bonchev–Trinajstić information content (AvgIpc) is 2.16. The smallest absolute Gasteiger partial charge is 0.258 e. The molecule has 0 fully saturated rings. The van der Waals surface area contributed by atoms with Crippen molar-refractivity contribution in [1.29, 1.82) is 0 Å². The normalized spacial score (nSPS) is 10.5. The minimum absolute atomic E-state index is 0.0677. The number of nitro groups is 1. The molecule has 0 unspecified atom stereocenters. The van der Waals surface area contributed by atoms with Crippen LogP contribution in [0.5, 0.6) is 0 Å².